The molecule has 0 bridgehead atoms. The average Bonchev–Trinajstić information content (AvgIpc) is 3.41. The van der Waals surface area contributed by atoms with E-state index in [2.05, 4.69) is 26.8 Å². The van der Waals surface area contributed by atoms with E-state index < -0.39 is 11.6 Å². The van der Waals surface area contributed by atoms with Crippen molar-refractivity contribution in [1.82, 2.24) is 24.8 Å². The SMILES string of the molecule is C=CC(=O)N1CCC(Nc2ncnc3[nH]c(C4C=C(COc5ccc(F)cc5F)C4)nc23)C1. The summed E-state index contributed by atoms with van der Waals surface area (Å²) in [6, 6.07) is 3.32. The van der Waals surface area contributed by atoms with Crippen LogP contribution in [0, 0.1) is 11.6 Å². The lowest BCUT2D eigenvalue weighted by molar-refractivity contribution is -0.125. The zero-order chi connectivity index (χ0) is 22.9. The summed E-state index contributed by atoms with van der Waals surface area (Å²) in [5, 5.41) is 3.38. The van der Waals surface area contributed by atoms with E-state index in [-0.39, 0.29) is 30.2 Å². The fourth-order valence-electron chi connectivity index (χ4n) is 4.11. The molecule has 2 aliphatic rings. The van der Waals surface area contributed by atoms with E-state index in [4.69, 9.17) is 9.72 Å². The maximum Gasteiger partial charge on any atom is 0.246 e. The van der Waals surface area contributed by atoms with Gasteiger partial charge < -0.3 is 19.9 Å². The molecule has 3 heterocycles. The molecule has 2 atom stereocenters. The van der Waals surface area contributed by atoms with Crippen molar-refractivity contribution in [3.05, 3.63) is 66.3 Å². The van der Waals surface area contributed by atoms with Crippen molar-refractivity contribution in [1.29, 1.82) is 0 Å². The molecule has 0 spiro atoms. The Labute approximate surface area is 188 Å². The van der Waals surface area contributed by atoms with Crippen molar-refractivity contribution in [2.75, 3.05) is 25.0 Å². The maximum atomic E-state index is 13.7. The Hall–Kier alpha value is -3.82. The second kappa shape index (κ2) is 8.61. The van der Waals surface area contributed by atoms with Gasteiger partial charge in [0.05, 0.1) is 0 Å². The number of anilines is 1. The number of ether oxygens (including phenoxy) is 1. The van der Waals surface area contributed by atoms with Gasteiger partial charge in [0.15, 0.2) is 28.5 Å². The number of hydrogen-bond donors (Lipinski definition) is 2. The summed E-state index contributed by atoms with van der Waals surface area (Å²) in [6.07, 6.45) is 6.33. The van der Waals surface area contributed by atoms with E-state index in [0.717, 1.165) is 30.0 Å². The van der Waals surface area contributed by atoms with E-state index in [9.17, 15) is 13.6 Å². The number of likely N-dealkylation sites (tertiary alicyclic amines) is 1. The number of halogens is 2. The van der Waals surface area contributed by atoms with Crippen LogP contribution in [0.3, 0.4) is 0 Å². The van der Waals surface area contributed by atoms with Gasteiger partial charge in [0.2, 0.25) is 5.91 Å². The summed E-state index contributed by atoms with van der Waals surface area (Å²) in [5.41, 5.74) is 2.28. The van der Waals surface area contributed by atoms with Gasteiger partial charge in [0, 0.05) is 31.1 Å². The van der Waals surface area contributed by atoms with Crippen LogP contribution >= 0.6 is 0 Å². The number of nitrogens with zero attached hydrogens (tertiary/aromatic N) is 4. The Morgan fingerprint density at radius 3 is 3.00 bits per heavy atom. The number of fused-ring (bicyclic) bond motifs is 1. The van der Waals surface area contributed by atoms with Crippen LogP contribution in [0.1, 0.15) is 24.6 Å². The number of aromatic nitrogens is 4. The molecule has 1 aromatic carbocycles. The zero-order valence-corrected chi connectivity index (χ0v) is 17.7. The molecule has 8 nitrogen and oxygen atoms in total. The number of aromatic amines is 1. The first-order valence-electron chi connectivity index (χ1n) is 10.7. The molecule has 1 aliphatic heterocycles. The topological polar surface area (TPSA) is 96.0 Å². The number of amides is 1. The van der Waals surface area contributed by atoms with Gasteiger partial charge in [-0.05, 0) is 36.6 Å². The van der Waals surface area contributed by atoms with Crippen LogP contribution in [0.25, 0.3) is 11.2 Å². The average molecular weight is 452 g/mol. The molecular formula is C23H22F2N6O2. The summed E-state index contributed by atoms with van der Waals surface area (Å²) >= 11 is 0. The van der Waals surface area contributed by atoms with Gasteiger partial charge in [-0.2, -0.15) is 0 Å². The van der Waals surface area contributed by atoms with Crippen molar-refractivity contribution in [2.45, 2.75) is 24.8 Å². The minimum atomic E-state index is -0.721. The normalized spacial score (nSPS) is 19.8. The van der Waals surface area contributed by atoms with Crippen molar-refractivity contribution < 1.29 is 18.3 Å². The summed E-state index contributed by atoms with van der Waals surface area (Å²) in [6.45, 7) is 5.02. The lowest BCUT2D eigenvalue weighted by Gasteiger charge is -2.24. The zero-order valence-electron chi connectivity index (χ0n) is 17.7. The molecule has 5 rings (SSSR count). The fraction of sp³-hybridized carbons (Fsp3) is 0.304. The van der Waals surface area contributed by atoms with E-state index >= 15 is 0 Å². The first-order chi connectivity index (χ1) is 16.0. The Balaban J connectivity index is 1.24. The number of H-pyrrole nitrogens is 1. The molecule has 10 heteroatoms. The first-order valence-corrected chi connectivity index (χ1v) is 10.7. The highest BCUT2D eigenvalue weighted by atomic mass is 19.1. The maximum absolute atomic E-state index is 13.7. The number of imidazole rings is 1. The Morgan fingerprint density at radius 2 is 2.21 bits per heavy atom. The first kappa shape index (κ1) is 21.0. The molecule has 0 radical (unpaired) electrons. The fourth-order valence-corrected chi connectivity index (χ4v) is 4.11. The number of carbonyl (C=O) groups is 1. The lowest BCUT2D eigenvalue weighted by atomic mass is 9.86. The standard InChI is InChI=1S/C23H22F2N6O2/c1-2-19(32)31-6-5-16(10-31)28-22-20-23(27-12-26-22)30-21(29-20)14-7-13(8-14)11-33-18-4-3-15(24)9-17(18)25/h2-4,7,9,12,14,16H,1,5-6,8,10-11H2,(H2,26,27,28,29,30). The van der Waals surface area contributed by atoms with Gasteiger partial charge in [-0.3, -0.25) is 4.79 Å². The van der Waals surface area contributed by atoms with Crippen molar-refractivity contribution in [3.8, 4) is 5.75 Å². The number of benzene rings is 1. The molecule has 1 saturated heterocycles. The molecule has 33 heavy (non-hydrogen) atoms. The van der Waals surface area contributed by atoms with E-state index in [1.807, 2.05) is 6.08 Å². The molecule has 1 fully saturated rings. The summed E-state index contributed by atoms with van der Waals surface area (Å²) in [7, 11) is 0. The molecular weight excluding hydrogens is 430 g/mol. The third-order valence-electron chi connectivity index (χ3n) is 5.89. The summed E-state index contributed by atoms with van der Waals surface area (Å²) in [5.74, 6) is 0.0421. The number of carbonyl (C=O) groups excluding carboxylic acids is 1. The molecule has 1 amide bonds. The number of hydrogen-bond acceptors (Lipinski definition) is 6. The second-order valence-corrected chi connectivity index (χ2v) is 8.16. The molecule has 2 unspecified atom stereocenters. The van der Waals surface area contributed by atoms with E-state index in [0.29, 0.717) is 36.5 Å². The summed E-state index contributed by atoms with van der Waals surface area (Å²) in [4.78, 5) is 30.1. The molecule has 3 aromatic rings. The Bertz CT molecular complexity index is 1260. The molecule has 1 aliphatic carbocycles. The molecule has 0 saturated carbocycles. The molecule has 2 N–H and O–H groups in total. The Morgan fingerprint density at radius 1 is 1.36 bits per heavy atom. The summed E-state index contributed by atoms with van der Waals surface area (Å²) < 4.78 is 32.2. The van der Waals surface area contributed by atoms with Crippen LogP contribution in [-0.4, -0.2) is 56.5 Å². The van der Waals surface area contributed by atoms with Crippen molar-refractivity contribution in [2.24, 2.45) is 0 Å². The largest absolute Gasteiger partial charge is 0.486 e. The predicted molar refractivity (Wildman–Crippen MR) is 118 cm³/mol. The monoisotopic (exact) mass is 452 g/mol. The van der Waals surface area contributed by atoms with Gasteiger partial charge in [0.25, 0.3) is 0 Å². The third kappa shape index (κ3) is 4.28. The quantitative estimate of drug-likeness (QED) is 0.422. The lowest BCUT2D eigenvalue weighted by Crippen LogP contribution is -2.30. The minimum absolute atomic E-state index is 0.0238. The van der Waals surface area contributed by atoms with Gasteiger partial charge >= 0.3 is 0 Å². The third-order valence-corrected chi connectivity index (χ3v) is 5.89. The number of nitrogens with one attached hydrogen (secondary N) is 2. The van der Waals surface area contributed by atoms with Gasteiger partial charge in [-0.25, -0.2) is 23.7 Å². The minimum Gasteiger partial charge on any atom is -0.486 e. The van der Waals surface area contributed by atoms with Crippen LogP contribution in [0.4, 0.5) is 14.6 Å². The van der Waals surface area contributed by atoms with Crippen LogP contribution in [0.5, 0.6) is 5.75 Å². The van der Waals surface area contributed by atoms with Gasteiger partial charge in [0.1, 0.15) is 24.6 Å². The predicted octanol–water partition coefficient (Wildman–Crippen LogP) is 3.32. The van der Waals surface area contributed by atoms with Crippen LogP contribution in [0.2, 0.25) is 0 Å². The second-order valence-electron chi connectivity index (χ2n) is 8.16. The number of rotatable bonds is 7. The van der Waals surface area contributed by atoms with Gasteiger partial charge in [-0.15, -0.1) is 0 Å². The smallest absolute Gasteiger partial charge is 0.246 e. The highest BCUT2D eigenvalue weighted by Crippen LogP contribution is 2.35. The Kier molecular flexibility index (Phi) is 5.49. The number of allylic oxidation sites excluding steroid dienone is 1. The van der Waals surface area contributed by atoms with Crippen LogP contribution < -0.4 is 10.1 Å². The van der Waals surface area contributed by atoms with Crippen molar-refractivity contribution in [3.63, 3.8) is 0 Å². The van der Waals surface area contributed by atoms with Gasteiger partial charge in [-0.1, -0.05) is 12.7 Å². The van der Waals surface area contributed by atoms with E-state index in [1.54, 1.807) is 4.90 Å². The van der Waals surface area contributed by atoms with Crippen molar-refractivity contribution >= 4 is 22.9 Å². The van der Waals surface area contributed by atoms with Crippen LogP contribution in [0.15, 0.2) is 48.8 Å². The highest BCUT2D eigenvalue weighted by Gasteiger charge is 2.28. The van der Waals surface area contributed by atoms with E-state index in [1.165, 1.54) is 18.5 Å². The molecule has 2 aromatic heterocycles. The van der Waals surface area contributed by atoms with Crippen LogP contribution in [-0.2, 0) is 4.79 Å². The molecule has 170 valence electrons. The highest BCUT2D eigenvalue weighted by molar-refractivity contribution is 5.87.